The predicted octanol–water partition coefficient (Wildman–Crippen LogP) is 2.00. The molecule has 19 heavy (non-hydrogen) atoms. The van der Waals surface area contributed by atoms with E-state index in [-0.39, 0.29) is 21.8 Å². The Hall–Kier alpha value is -0.910. The maximum absolute atomic E-state index is 11.9. The predicted molar refractivity (Wildman–Crippen MR) is 74.7 cm³/mol. The van der Waals surface area contributed by atoms with Gasteiger partial charge in [0.25, 0.3) is 5.91 Å². The third-order valence-corrected chi connectivity index (χ3v) is 3.56. The van der Waals surface area contributed by atoms with Gasteiger partial charge in [-0.05, 0) is 45.0 Å². The molecule has 0 aliphatic carbocycles. The Bertz CT molecular complexity index is 449. The van der Waals surface area contributed by atoms with E-state index < -0.39 is 0 Å². The van der Waals surface area contributed by atoms with E-state index in [2.05, 4.69) is 20.4 Å². The van der Waals surface area contributed by atoms with Gasteiger partial charge in [0, 0.05) is 6.54 Å². The lowest BCUT2D eigenvalue weighted by Gasteiger charge is -2.14. The Balaban J connectivity index is 1.75. The van der Waals surface area contributed by atoms with Gasteiger partial charge in [0.15, 0.2) is 10.3 Å². The fraction of sp³-hybridized carbons (Fsp3) is 0.583. The highest BCUT2D eigenvalue weighted by Crippen LogP contribution is 2.15. The molecule has 0 bridgehead atoms. The van der Waals surface area contributed by atoms with Crippen LogP contribution in [0.4, 0.5) is 0 Å². The number of rotatable bonds is 5. The zero-order valence-corrected chi connectivity index (χ0v) is 12.0. The lowest BCUT2D eigenvalue weighted by molar-refractivity contribution is 0.0951. The summed E-state index contributed by atoms with van der Waals surface area (Å²) in [7, 11) is 0. The largest absolute Gasteiger partial charge is 0.352 e. The van der Waals surface area contributed by atoms with E-state index in [1.54, 1.807) is 0 Å². The highest BCUT2D eigenvalue weighted by molar-refractivity contribution is 6.34. The molecule has 1 fully saturated rings. The van der Waals surface area contributed by atoms with Crippen LogP contribution in [0.15, 0.2) is 6.07 Å². The molecule has 0 aromatic carbocycles. The SMILES string of the molecule is O=C(NCCCN1CCCC1)c1cc(Cl)nnc1Cl. The normalized spacial score (nSPS) is 15.7. The molecule has 0 spiro atoms. The molecule has 2 heterocycles. The fourth-order valence-electron chi connectivity index (χ4n) is 2.12. The Morgan fingerprint density at radius 3 is 2.79 bits per heavy atom. The monoisotopic (exact) mass is 302 g/mol. The summed E-state index contributed by atoms with van der Waals surface area (Å²) in [6.45, 7) is 3.97. The van der Waals surface area contributed by atoms with Crippen molar-refractivity contribution >= 4 is 29.1 Å². The summed E-state index contributed by atoms with van der Waals surface area (Å²) in [6.07, 6.45) is 3.49. The van der Waals surface area contributed by atoms with Crippen molar-refractivity contribution in [3.8, 4) is 0 Å². The number of halogens is 2. The van der Waals surface area contributed by atoms with Gasteiger partial charge in [-0.25, -0.2) is 0 Å². The van der Waals surface area contributed by atoms with Gasteiger partial charge in [0.05, 0.1) is 5.56 Å². The van der Waals surface area contributed by atoms with Gasteiger partial charge in [0.1, 0.15) is 0 Å². The average molecular weight is 303 g/mol. The number of hydrogen-bond donors (Lipinski definition) is 1. The number of carbonyl (C=O) groups is 1. The van der Waals surface area contributed by atoms with Gasteiger partial charge < -0.3 is 10.2 Å². The van der Waals surface area contributed by atoms with Crippen LogP contribution in [0.2, 0.25) is 10.3 Å². The van der Waals surface area contributed by atoms with Crippen LogP contribution in [0.3, 0.4) is 0 Å². The first-order chi connectivity index (χ1) is 9.16. The summed E-state index contributed by atoms with van der Waals surface area (Å²) < 4.78 is 0. The molecule has 2 rings (SSSR count). The van der Waals surface area contributed by atoms with Crippen molar-refractivity contribution < 1.29 is 4.79 Å². The summed E-state index contributed by atoms with van der Waals surface area (Å²) in [5.41, 5.74) is 0.267. The van der Waals surface area contributed by atoms with Crippen LogP contribution in [0, 0.1) is 0 Å². The van der Waals surface area contributed by atoms with E-state index >= 15 is 0 Å². The van der Waals surface area contributed by atoms with Gasteiger partial charge in [0.2, 0.25) is 0 Å². The summed E-state index contributed by atoms with van der Waals surface area (Å²) in [6, 6.07) is 1.42. The third-order valence-electron chi connectivity index (χ3n) is 3.10. The van der Waals surface area contributed by atoms with Crippen molar-refractivity contribution in [2.24, 2.45) is 0 Å². The molecule has 1 aromatic rings. The van der Waals surface area contributed by atoms with E-state index in [9.17, 15) is 4.79 Å². The molecule has 1 amide bonds. The second kappa shape index (κ2) is 7.03. The molecule has 0 radical (unpaired) electrons. The number of likely N-dealkylation sites (tertiary alicyclic amines) is 1. The smallest absolute Gasteiger partial charge is 0.254 e. The van der Waals surface area contributed by atoms with Crippen molar-refractivity contribution in [2.45, 2.75) is 19.3 Å². The molecule has 1 aromatic heterocycles. The molecule has 1 N–H and O–H groups in total. The van der Waals surface area contributed by atoms with Crippen molar-refractivity contribution in [2.75, 3.05) is 26.2 Å². The molecular weight excluding hydrogens is 287 g/mol. The lowest BCUT2D eigenvalue weighted by atomic mass is 10.3. The van der Waals surface area contributed by atoms with Crippen LogP contribution in [-0.4, -0.2) is 47.2 Å². The Kier molecular flexibility index (Phi) is 5.36. The fourth-order valence-corrected chi connectivity index (χ4v) is 2.44. The van der Waals surface area contributed by atoms with E-state index in [0.29, 0.717) is 6.54 Å². The summed E-state index contributed by atoms with van der Waals surface area (Å²) >= 11 is 11.5. The molecule has 7 heteroatoms. The van der Waals surface area contributed by atoms with Crippen LogP contribution in [-0.2, 0) is 0 Å². The number of aromatic nitrogens is 2. The summed E-state index contributed by atoms with van der Waals surface area (Å²) in [5, 5.41) is 10.2. The molecular formula is C12H16Cl2N4O. The number of nitrogens with one attached hydrogen (secondary N) is 1. The van der Waals surface area contributed by atoms with Crippen molar-refractivity contribution in [3.63, 3.8) is 0 Å². The van der Waals surface area contributed by atoms with E-state index in [1.807, 2.05) is 0 Å². The van der Waals surface area contributed by atoms with E-state index in [0.717, 1.165) is 13.0 Å². The highest BCUT2D eigenvalue weighted by Gasteiger charge is 2.13. The Morgan fingerprint density at radius 1 is 1.32 bits per heavy atom. The lowest BCUT2D eigenvalue weighted by Crippen LogP contribution is -2.29. The minimum absolute atomic E-state index is 0.0708. The summed E-state index contributed by atoms with van der Waals surface area (Å²) in [5.74, 6) is -0.261. The topological polar surface area (TPSA) is 58.1 Å². The minimum Gasteiger partial charge on any atom is -0.352 e. The Morgan fingerprint density at radius 2 is 2.05 bits per heavy atom. The molecule has 0 atom stereocenters. The first-order valence-electron chi connectivity index (χ1n) is 6.36. The van der Waals surface area contributed by atoms with Crippen molar-refractivity contribution in [3.05, 3.63) is 21.9 Å². The van der Waals surface area contributed by atoms with E-state index in [4.69, 9.17) is 23.2 Å². The second-order valence-electron chi connectivity index (χ2n) is 4.53. The average Bonchev–Trinajstić information content (AvgIpc) is 2.90. The second-order valence-corrected chi connectivity index (χ2v) is 5.28. The van der Waals surface area contributed by atoms with Crippen molar-refractivity contribution in [1.29, 1.82) is 0 Å². The molecule has 0 saturated carbocycles. The molecule has 5 nitrogen and oxygen atoms in total. The van der Waals surface area contributed by atoms with Crippen molar-refractivity contribution in [1.82, 2.24) is 20.4 Å². The van der Waals surface area contributed by atoms with Crippen LogP contribution in [0.5, 0.6) is 0 Å². The quantitative estimate of drug-likeness (QED) is 0.845. The number of carbonyl (C=O) groups excluding carboxylic acids is 1. The summed E-state index contributed by atoms with van der Waals surface area (Å²) in [4.78, 5) is 14.3. The molecule has 1 aliphatic heterocycles. The molecule has 1 saturated heterocycles. The van der Waals surface area contributed by atoms with Crippen LogP contribution in [0.1, 0.15) is 29.6 Å². The number of nitrogens with zero attached hydrogens (tertiary/aromatic N) is 3. The van der Waals surface area contributed by atoms with Gasteiger partial charge in [-0.2, -0.15) is 0 Å². The maximum Gasteiger partial charge on any atom is 0.254 e. The third kappa shape index (κ3) is 4.30. The van der Waals surface area contributed by atoms with Gasteiger partial charge in [-0.3, -0.25) is 4.79 Å². The first kappa shape index (κ1) is 14.5. The van der Waals surface area contributed by atoms with Gasteiger partial charge in [-0.15, -0.1) is 10.2 Å². The Labute approximate surface area is 122 Å². The maximum atomic E-state index is 11.9. The van der Waals surface area contributed by atoms with E-state index in [1.165, 1.54) is 32.0 Å². The minimum atomic E-state index is -0.261. The van der Waals surface area contributed by atoms with Crippen LogP contribution < -0.4 is 5.32 Å². The zero-order valence-electron chi connectivity index (χ0n) is 10.5. The van der Waals surface area contributed by atoms with Crippen LogP contribution in [0.25, 0.3) is 0 Å². The molecule has 0 unspecified atom stereocenters. The van der Waals surface area contributed by atoms with Gasteiger partial charge >= 0.3 is 0 Å². The zero-order chi connectivity index (χ0) is 13.7. The molecule has 1 aliphatic rings. The van der Waals surface area contributed by atoms with Gasteiger partial charge in [-0.1, -0.05) is 23.2 Å². The first-order valence-corrected chi connectivity index (χ1v) is 7.11. The molecule has 104 valence electrons. The number of hydrogen-bond acceptors (Lipinski definition) is 4. The standard InChI is InChI=1S/C12H16Cl2N4O/c13-10-8-9(11(14)17-16-10)12(19)15-4-3-7-18-5-1-2-6-18/h8H,1-7H2,(H,15,19). The highest BCUT2D eigenvalue weighted by atomic mass is 35.5. The van der Waals surface area contributed by atoms with Crippen LogP contribution >= 0.6 is 23.2 Å². The number of amides is 1.